The minimum Gasteiger partial charge on any atom is -0.478 e. The zero-order valence-corrected chi connectivity index (χ0v) is 9.19. The van der Waals surface area contributed by atoms with Crippen molar-refractivity contribution in [2.45, 2.75) is 0 Å². The van der Waals surface area contributed by atoms with Crippen LogP contribution in [0.2, 0.25) is 5.02 Å². The van der Waals surface area contributed by atoms with Crippen molar-refractivity contribution in [1.29, 1.82) is 0 Å². The fraction of sp³-hybridized carbons (Fsp3) is 0. The molecule has 0 aliphatic carbocycles. The summed E-state index contributed by atoms with van der Waals surface area (Å²) in [6.07, 6.45) is 0. The topological polar surface area (TPSA) is 53.1 Å². The van der Waals surface area contributed by atoms with E-state index in [0.717, 1.165) is 0 Å². The van der Waals surface area contributed by atoms with Crippen LogP contribution in [0.1, 0.15) is 10.4 Å². The summed E-state index contributed by atoms with van der Waals surface area (Å²) < 4.78 is 0.438. The first-order valence-electron chi connectivity index (χ1n) is 3.80. The third-order valence-electron chi connectivity index (χ3n) is 1.95. The number of aromatic amines is 1. The van der Waals surface area contributed by atoms with Gasteiger partial charge in [0.15, 0.2) is 0 Å². The molecule has 5 heteroatoms. The number of para-hydroxylation sites is 1. The Labute approximate surface area is 92.8 Å². The van der Waals surface area contributed by atoms with Crippen LogP contribution in [0.25, 0.3) is 10.9 Å². The van der Waals surface area contributed by atoms with E-state index >= 15 is 0 Å². The maximum Gasteiger partial charge on any atom is 0.339 e. The number of aromatic carboxylic acids is 1. The minimum atomic E-state index is -0.981. The average molecular weight is 275 g/mol. The SMILES string of the molecule is O=C(O)c1c(Br)[nH]c2c(Cl)cccc12. The van der Waals surface area contributed by atoms with E-state index in [1.165, 1.54) is 0 Å². The molecule has 1 heterocycles. The highest BCUT2D eigenvalue weighted by Crippen LogP contribution is 2.30. The number of nitrogens with one attached hydrogen (secondary N) is 1. The Hall–Kier alpha value is -1.00. The van der Waals surface area contributed by atoms with Gasteiger partial charge in [-0.05, 0) is 22.0 Å². The lowest BCUT2D eigenvalue weighted by Crippen LogP contribution is -1.95. The molecule has 14 heavy (non-hydrogen) atoms. The highest BCUT2D eigenvalue weighted by molar-refractivity contribution is 9.10. The molecule has 0 bridgehead atoms. The summed E-state index contributed by atoms with van der Waals surface area (Å²) in [5.41, 5.74) is 0.848. The van der Waals surface area contributed by atoms with Crippen LogP contribution in [0.15, 0.2) is 22.8 Å². The number of hydrogen-bond donors (Lipinski definition) is 2. The second kappa shape index (κ2) is 3.29. The van der Waals surface area contributed by atoms with Crippen LogP contribution in [0.5, 0.6) is 0 Å². The summed E-state index contributed by atoms with van der Waals surface area (Å²) in [5.74, 6) is -0.981. The van der Waals surface area contributed by atoms with Gasteiger partial charge in [-0.2, -0.15) is 0 Å². The largest absolute Gasteiger partial charge is 0.478 e. The predicted molar refractivity (Wildman–Crippen MR) is 58.0 cm³/mol. The zero-order valence-electron chi connectivity index (χ0n) is 6.84. The van der Waals surface area contributed by atoms with E-state index in [9.17, 15) is 4.79 Å². The molecule has 0 fully saturated rings. The van der Waals surface area contributed by atoms with Crippen LogP contribution in [-0.4, -0.2) is 16.1 Å². The van der Waals surface area contributed by atoms with E-state index in [4.69, 9.17) is 16.7 Å². The molecule has 0 aliphatic rings. The van der Waals surface area contributed by atoms with Crippen LogP contribution < -0.4 is 0 Å². The van der Waals surface area contributed by atoms with Crippen molar-refractivity contribution in [2.24, 2.45) is 0 Å². The lowest BCUT2D eigenvalue weighted by Gasteiger charge is -1.93. The molecular weight excluding hydrogens is 269 g/mol. The summed E-state index contributed by atoms with van der Waals surface area (Å²) >= 11 is 9.05. The lowest BCUT2D eigenvalue weighted by molar-refractivity contribution is 0.0698. The van der Waals surface area contributed by atoms with Crippen LogP contribution in [0, 0.1) is 0 Å². The number of fused-ring (bicyclic) bond motifs is 1. The van der Waals surface area contributed by atoms with Gasteiger partial charge in [0.1, 0.15) is 0 Å². The Kier molecular flexibility index (Phi) is 2.25. The van der Waals surface area contributed by atoms with Crippen molar-refractivity contribution < 1.29 is 9.90 Å². The van der Waals surface area contributed by atoms with Gasteiger partial charge in [-0.1, -0.05) is 23.7 Å². The van der Waals surface area contributed by atoms with Gasteiger partial charge in [-0.3, -0.25) is 0 Å². The number of benzene rings is 1. The molecule has 2 aromatic rings. The monoisotopic (exact) mass is 273 g/mol. The van der Waals surface area contributed by atoms with Crippen molar-refractivity contribution in [3.8, 4) is 0 Å². The lowest BCUT2D eigenvalue weighted by atomic mass is 10.2. The Bertz CT molecular complexity index is 521. The standard InChI is InChI=1S/C9H5BrClNO2/c10-8-6(9(13)14)4-2-1-3-5(11)7(4)12-8/h1-3,12H,(H,13,14). The summed E-state index contributed by atoms with van der Waals surface area (Å²) in [6.45, 7) is 0. The highest BCUT2D eigenvalue weighted by Gasteiger charge is 2.16. The van der Waals surface area contributed by atoms with Crippen LogP contribution in [0.3, 0.4) is 0 Å². The minimum absolute atomic E-state index is 0.211. The molecule has 2 rings (SSSR count). The average Bonchev–Trinajstić information content (AvgIpc) is 2.42. The smallest absolute Gasteiger partial charge is 0.339 e. The predicted octanol–water partition coefficient (Wildman–Crippen LogP) is 3.28. The van der Waals surface area contributed by atoms with Gasteiger partial charge >= 0.3 is 5.97 Å². The Morgan fingerprint density at radius 1 is 1.50 bits per heavy atom. The third-order valence-corrected chi connectivity index (χ3v) is 2.86. The fourth-order valence-electron chi connectivity index (χ4n) is 1.36. The summed E-state index contributed by atoms with van der Waals surface area (Å²) in [4.78, 5) is 13.8. The molecule has 1 aromatic heterocycles. The number of carboxylic acid groups (broad SMARTS) is 1. The Morgan fingerprint density at radius 3 is 2.86 bits per heavy atom. The summed E-state index contributed by atoms with van der Waals surface area (Å²) in [5, 5.41) is 10.1. The van der Waals surface area contributed by atoms with Gasteiger partial charge in [-0.15, -0.1) is 0 Å². The number of carboxylic acids is 1. The maximum atomic E-state index is 10.9. The van der Waals surface area contributed by atoms with E-state index in [0.29, 0.717) is 20.5 Å². The quantitative estimate of drug-likeness (QED) is 0.838. The number of halogens is 2. The van der Waals surface area contributed by atoms with Gasteiger partial charge in [0.25, 0.3) is 0 Å². The van der Waals surface area contributed by atoms with E-state index < -0.39 is 5.97 Å². The first-order chi connectivity index (χ1) is 6.61. The van der Waals surface area contributed by atoms with E-state index in [1.807, 2.05) is 0 Å². The number of rotatable bonds is 1. The maximum absolute atomic E-state index is 10.9. The second-order valence-electron chi connectivity index (χ2n) is 2.78. The van der Waals surface area contributed by atoms with Gasteiger partial charge in [0.05, 0.1) is 20.7 Å². The molecule has 3 nitrogen and oxygen atoms in total. The van der Waals surface area contributed by atoms with Crippen molar-refractivity contribution in [1.82, 2.24) is 4.98 Å². The van der Waals surface area contributed by atoms with Crippen LogP contribution in [0.4, 0.5) is 0 Å². The molecule has 0 saturated carbocycles. The molecule has 2 N–H and O–H groups in total. The van der Waals surface area contributed by atoms with Gasteiger partial charge in [0, 0.05) is 5.39 Å². The number of aromatic nitrogens is 1. The first kappa shape index (κ1) is 9.55. The molecule has 1 aromatic carbocycles. The molecule has 0 radical (unpaired) electrons. The van der Waals surface area contributed by atoms with Crippen LogP contribution >= 0.6 is 27.5 Å². The summed E-state index contributed by atoms with van der Waals surface area (Å²) in [6, 6.07) is 5.14. The first-order valence-corrected chi connectivity index (χ1v) is 4.97. The van der Waals surface area contributed by atoms with Gasteiger partial charge in [-0.25, -0.2) is 4.79 Å². The second-order valence-corrected chi connectivity index (χ2v) is 3.98. The number of hydrogen-bond acceptors (Lipinski definition) is 1. The van der Waals surface area contributed by atoms with Crippen molar-refractivity contribution >= 4 is 44.4 Å². The van der Waals surface area contributed by atoms with Crippen LogP contribution in [-0.2, 0) is 0 Å². The Balaban J connectivity index is 2.90. The van der Waals surface area contributed by atoms with Gasteiger partial charge in [0.2, 0.25) is 0 Å². The molecule has 72 valence electrons. The number of carbonyl (C=O) groups is 1. The van der Waals surface area contributed by atoms with Gasteiger partial charge < -0.3 is 10.1 Å². The van der Waals surface area contributed by atoms with E-state index in [1.54, 1.807) is 18.2 Å². The van der Waals surface area contributed by atoms with Crippen molar-refractivity contribution in [3.63, 3.8) is 0 Å². The van der Waals surface area contributed by atoms with Crippen molar-refractivity contribution in [2.75, 3.05) is 0 Å². The van der Waals surface area contributed by atoms with Crippen molar-refractivity contribution in [3.05, 3.63) is 33.4 Å². The fourth-order valence-corrected chi connectivity index (χ4v) is 2.16. The normalized spacial score (nSPS) is 10.7. The highest BCUT2D eigenvalue weighted by atomic mass is 79.9. The van der Waals surface area contributed by atoms with E-state index in [2.05, 4.69) is 20.9 Å². The molecule has 0 aliphatic heterocycles. The summed E-state index contributed by atoms with van der Waals surface area (Å²) in [7, 11) is 0. The number of H-pyrrole nitrogens is 1. The zero-order chi connectivity index (χ0) is 10.3. The molecule has 0 atom stereocenters. The molecule has 0 spiro atoms. The third kappa shape index (κ3) is 1.31. The molecule has 0 amide bonds. The van der Waals surface area contributed by atoms with E-state index in [-0.39, 0.29) is 5.56 Å². The molecule has 0 saturated heterocycles. The molecular formula is C9H5BrClNO2. The Morgan fingerprint density at radius 2 is 2.21 bits per heavy atom. The molecule has 0 unspecified atom stereocenters.